The van der Waals surface area contributed by atoms with Crippen LogP contribution in [0, 0.1) is 5.41 Å². The largest absolute Gasteiger partial charge is 0.481 e. The summed E-state index contributed by atoms with van der Waals surface area (Å²) in [5.41, 5.74) is -1.18. The molecule has 3 amide bonds. The topological polar surface area (TPSA) is 95.5 Å². The third-order valence-corrected chi connectivity index (χ3v) is 3.04. The summed E-state index contributed by atoms with van der Waals surface area (Å²) in [7, 11) is 0. The van der Waals surface area contributed by atoms with E-state index in [1.165, 1.54) is 13.8 Å². The lowest BCUT2D eigenvalue weighted by molar-refractivity contribution is -0.149. The molecular weight excluding hydrogens is 248 g/mol. The number of hydrogen-bond acceptors (Lipinski definition) is 3. The summed E-state index contributed by atoms with van der Waals surface area (Å²) in [6, 6.07) is -0.531. The van der Waals surface area contributed by atoms with Gasteiger partial charge in [-0.3, -0.25) is 14.9 Å². The van der Waals surface area contributed by atoms with Gasteiger partial charge >= 0.3 is 12.0 Å². The Balaban J connectivity index is 2.37. The highest BCUT2D eigenvalue weighted by atomic mass is 16.4. The molecule has 0 saturated carbocycles. The van der Waals surface area contributed by atoms with Crippen LogP contribution in [-0.2, 0) is 9.59 Å². The third-order valence-electron chi connectivity index (χ3n) is 3.04. The van der Waals surface area contributed by atoms with Crippen LogP contribution in [0.3, 0.4) is 0 Å². The maximum Gasteiger partial charge on any atom is 0.321 e. The van der Waals surface area contributed by atoms with Gasteiger partial charge in [-0.2, -0.15) is 0 Å². The minimum absolute atomic E-state index is 0.0327. The molecule has 1 rings (SSSR count). The molecule has 0 bridgehead atoms. The molecule has 0 aromatic carbocycles. The summed E-state index contributed by atoms with van der Waals surface area (Å²) in [5, 5.41) is 13.8. The Morgan fingerprint density at radius 1 is 1.32 bits per heavy atom. The minimum Gasteiger partial charge on any atom is -0.481 e. The van der Waals surface area contributed by atoms with Gasteiger partial charge in [0.2, 0.25) is 5.91 Å². The maximum absolute atomic E-state index is 11.6. The molecule has 6 heteroatoms. The van der Waals surface area contributed by atoms with Crippen LogP contribution in [0.2, 0.25) is 0 Å². The zero-order valence-corrected chi connectivity index (χ0v) is 11.2. The smallest absolute Gasteiger partial charge is 0.321 e. The van der Waals surface area contributed by atoms with Crippen LogP contribution in [0.25, 0.3) is 0 Å². The van der Waals surface area contributed by atoms with E-state index < -0.39 is 23.3 Å². The van der Waals surface area contributed by atoms with Crippen LogP contribution >= 0.6 is 0 Å². The fourth-order valence-corrected chi connectivity index (χ4v) is 1.79. The summed E-state index contributed by atoms with van der Waals surface area (Å²) >= 11 is 0. The highest BCUT2D eigenvalue weighted by Crippen LogP contribution is 2.19. The first-order valence-electron chi connectivity index (χ1n) is 6.30. The Hall–Kier alpha value is -1.85. The Morgan fingerprint density at radius 3 is 2.53 bits per heavy atom. The minimum atomic E-state index is -1.18. The van der Waals surface area contributed by atoms with Gasteiger partial charge in [-0.15, -0.1) is 0 Å². The van der Waals surface area contributed by atoms with Crippen molar-refractivity contribution in [2.24, 2.45) is 5.41 Å². The second kappa shape index (κ2) is 6.36. The monoisotopic (exact) mass is 268 g/mol. The van der Waals surface area contributed by atoms with Crippen molar-refractivity contribution in [2.75, 3.05) is 0 Å². The van der Waals surface area contributed by atoms with Crippen LogP contribution in [0.4, 0.5) is 4.79 Å². The zero-order chi connectivity index (χ0) is 14.5. The Kier molecular flexibility index (Phi) is 5.09. The van der Waals surface area contributed by atoms with Crippen molar-refractivity contribution in [3.05, 3.63) is 12.2 Å². The lowest BCUT2D eigenvalue weighted by Gasteiger charge is -2.21. The Morgan fingerprint density at radius 2 is 2.00 bits per heavy atom. The number of amides is 3. The van der Waals surface area contributed by atoms with Crippen LogP contribution in [0.5, 0.6) is 0 Å². The van der Waals surface area contributed by atoms with Gasteiger partial charge in [0.25, 0.3) is 0 Å². The molecule has 0 heterocycles. The van der Waals surface area contributed by atoms with Crippen molar-refractivity contribution in [1.29, 1.82) is 0 Å². The van der Waals surface area contributed by atoms with Crippen LogP contribution in [-0.4, -0.2) is 29.1 Å². The quantitative estimate of drug-likeness (QED) is 0.672. The number of carbonyl (C=O) groups is 3. The van der Waals surface area contributed by atoms with Gasteiger partial charge in [-0.05, 0) is 33.1 Å². The number of imide groups is 1. The van der Waals surface area contributed by atoms with E-state index in [4.69, 9.17) is 5.11 Å². The number of urea groups is 1. The molecule has 1 aliphatic rings. The number of carbonyl (C=O) groups excluding carboxylic acids is 2. The van der Waals surface area contributed by atoms with Crippen molar-refractivity contribution >= 4 is 17.9 Å². The molecule has 0 spiro atoms. The van der Waals surface area contributed by atoms with Gasteiger partial charge in [0.15, 0.2) is 0 Å². The molecular formula is C13H20N2O4. The maximum atomic E-state index is 11.6. The average Bonchev–Trinajstić information content (AvgIpc) is 2.28. The number of nitrogens with one attached hydrogen (secondary N) is 2. The first-order valence-corrected chi connectivity index (χ1v) is 6.30. The predicted octanol–water partition coefficient (Wildman–Crippen LogP) is 1.42. The van der Waals surface area contributed by atoms with Gasteiger partial charge in [0.1, 0.15) is 0 Å². The lowest BCUT2D eigenvalue weighted by atomic mass is 9.89. The Bertz CT molecular complexity index is 401. The van der Waals surface area contributed by atoms with Gasteiger partial charge in [0.05, 0.1) is 5.41 Å². The van der Waals surface area contributed by atoms with Crippen molar-refractivity contribution in [2.45, 2.75) is 45.6 Å². The molecule has 3 N–H and O–H groups in total. The van der Waals surface area contributed by atoms with E-state index >= 15 is 0 Å². The molecule has 0 fully saturated rings. The third kappa shape index (κ3) is 5.11. The van der Waals surface area contributed by atoms with Crippen molar-refractivity contribution in [1.82, 2.24) is 10.6 Å². The number of allylic oxidation sites excluding steroid dienone is 1. The SMILES string of the molecule is CC(C)(CC(=O)NC(=O)NC1CC=CCC1)C(=O)O. The fraction of sp³-hybridized carbons (Fsp3) is 0.615. The van der Waals surface area contributed by atoms with Crippen LogP contribution in [0.15, 0.2) is 12.2 Å². The molecule has 0 aromatic rings. The number of carboxylic acids is 1. The second-order valence-electron chi connectivity index (χ2n) is 5.37. The number of aliphatic carboxylic acids is 1. The molecule has 0 saturated heterocycles. The van der Waals surface area contributed by atoms with Crippen molar-refractivity contribution in [3.8, 4) is 0 Å². The fourth-order valence-electron chi connectivity index (χ4n) is 1.79. The summed E-state index contributed by atoms with van der Waals surface area (Å²) < 4.78 is 0. The van der Waals surface area contributed by atoms with E-state index in [1.807, 2.05) is 6.08 Å². The summed E-state index contributed by atoms with van der Waals surface area (Å²) in [6.45, 7) is 2.89. The Labute approximate surface area is 112 Å². The van der Waals surface area contributed by atoms with Gasteiger partial charge in [0, 0.05) is 12.5 Å². The van der Waals surface area contributed by atoms with Crippen molar-refractivity contribution < 1.29 is 19.5 Å². The second-order valence-corrected chi connectivity index (χ2v) is 5.37. The van der Waals surface area contributed by atoms with Gasteiger partial charge in [-0.1, -0.05) is 12.2 Å². The van der Waals surface area contributed by atoms with Gasteiger partial charge in [-0.25, -0.2) is 4.79 Å². The molecule has 106 valence electrons. The molecule has 6 nitrogen and oxygen atoms in total. The molecule has 19 heavy (non-hydrogen) atoms. The predicted molar refractivity (Wildman–Crippen MR) is 69.5 cm³/mol. The van der Waals surface area contributed by atoms with E-state index in [0.717, 1.165) is 19.3 Å². The first kappa shape index (κ1) is 15.2. The van der Waals surface area contributed by atoms with Crippen LogP contribution < -0.4 is 10.6 Å². The van der Waals surface area contributed by atoms with E-state index in [0.29, 0.717) is 0 Å². The number of rotatable bonds is 4. The molecule has 0 radical (unpaired) electrons. The lowest BCUT2D eigenvalue weighted by Crippen LogP contribution is -2.46. The number of hydrogen-bond donors (Lipinski definition) is 3. The molecule has 1 atom stereocenters. The zero-order valence-electron chi connectivity index (χ0n) is 11.2. The highest BCUT2D eigenvalue weighted by molar-refractivity contribution is 5.96. The standard InChI is InChI=1S/C13H20N2O4/c1-13(2,11(17)18)8-10(16)15-12(19)14-9-6-4-3-5-7-9/h3-4,9H,5-8H2,1-2H3,(H,17,18)(H2,14,15,16,19). The summed E-state index contributed by atoms with van der Waals surface area (Å²) in [4.78, 5) is 34.0. The normalized spacial score (nSPS) is 18.7. The molecule has 1 aliphatic carbocycles. The van der Waals surface area contributed by atoms with E-state index in [-0.39, 0.29) is 12.5 Å². The van der Waals surface area contributed by atoms with E-state index in [2.05, 4.69) is 16.7 Å². The average molecular weight is 268 g/mol. The van der Waals surface area contributed by atoms with Gasteiger partial charge < -0.3 is 10.4 Å². The summed E-state index contributed by atoms with van der Waals surface area (Å²) in [5.74, 6) is -1.66. The molecule has 0 aromatic heterocycles. The molecule has 0 aliphatic heterocycles. The first-order chi connectivity index (χ1) is 8.81. The number of carboxylic acid groups (broad SMARTS) is 1. The van der Waals surface area contributed by atoms with E-state index in [1.54, 1.807) is 0 Å². The van der Waals surface area contributed by atoms with E-state index in [9.17, 15) is 14.4 Å². The molecule has 1 unspecified atom stereocenters. The van der Waals surface area contributed by atoms with Crippen molar-refractivity contribution in [3.63, 3.8) is 0 Å². The van der Waals surface area contributed by atoms with Crippen LogP contribution in [0.1, 0.15) is 39.5 Å². The highest BCUT2D eigenvalue weighted by Gasteiger charge is 2.30. The summed E-state index contributed by atoms with van der Waals surface area (Å²) in [6.07, 6.45) is 6.31.